The fourth-order valence-electron chi connectivity index (χ4n) is 6.66. The zero-order chi connectivity index (χ0) is 27.9. The molecule has 2 aromatic carbocycles. The Kier molecular flexibility index (Phi) is 7.13. The lowest BCUT2D eigenvalue weighted by molar-refractivity contribution is -0.142. The molecule has 6 rings (SSSR count). The number of hydrogen-bond acceptors (Lipinski definition) is 5. The van der Waals surface area contributed by atoms with Gasteiger partial charge in [-0.15, -0.1) is 11.3 Å². The molecule has 40 heavy (non-hydrogen) atoms. The molecule has 1 N–H and O–H groups in total. The Morgan fingerprint density at radius 1 is 1.02 bits per heavy atom. The van der Waals surface area contributed by atoms with Gasteiger partial charge in [0.15, 0.2) is 0 Å². The lowest BCUT2D eigenvalue weighted by atomic mass is 9.64. The number of nitrogens with zero attached hydrogens (tertiary/aromatic N) is 3. The van der Waals surface area contributed by atoms with E-state index in [1.165, 1.54) is 21.5 Å². The number of rotatable bonds is 5. The lowest BCUT2D eigenvalue weighted by Crippen LogP contribution is -2.52. The third-order valence-electron chi connectivity index (χ3n) is 9.02. The van der Waals surface area contributed by atoms with Gasteiger partial charge in [0.1, 0.15) is 0 Å². The molecule has 0 radical (unpaired) electrons. The first kappa shape index (κ1) is 26.9. The van der Waals surface area contributed by atoms with Gasteiger partial charge in [0, 0.05) is 24.4 Å². The molecule has 2 atom stereocenters. The van der Waals surface area contributed by atoms with Crippen molar-refractivity contribution in [2.24, 2.45) is 11.3 Å². The molecule has 7 heteroatoms. The number of likely N-dealkylation sites (tertiary alicyclic amines) is 1. The number of benzene rings is 2. The second-order valence-electron chi connectivity index (χ2n) is 12.5. The molecule has 1 amide bonds. The van der Waals surface area contributed by atoms with Gasteiger partial charge in [-0.2, -0.15) is 0 Å². The van der Waals surface area contributed by atoms with Crippen molar-refractivity contribution >= 4 is 28.1 Å². The number of piperidine rings is 1. The van der Waals surface area contributed by atoms with Crippen molar-refractivity contribution in [2.45, 2.75) is 64.0 Å². The number of aromatic nitrogens is 2. The third kappa shape index (κ3) is 5.25. The van der Waals surface area contributed by atoms with E-state index in [4.69, 9.17) is 0 Å². The summed E-state index contributed by atoms with van der Waals surface area (Å²) in [5.74, 6) is 0.382. The summed E-state index contributed by atoms with van der Waals surface area (Å²) >= 11 is 1.52. The van der Waals surface area contributed by atoms with Crippen molar-refractivity contribution < 1.29 is 9.90 Å². The van der Waals surface area contributed by atoms with Crippen molar-refractivity contribution in [3.63, 3.8) is 0 Å². The zero-order valence-electron chi connectivity index (χ0n) is 23.3. The monoisotopic (exact) mass is 555 g/mol. The fourth-order valence-corrected chi connectivity index (χ4v) is 7.65. The number of aliphatic hydroxyl groups is 1. The summed E-state index contributed by atoms with van der Waals surface area (Å²) in [4.78, 5) is 34.7. The Labute approximate surface area is 239 Å². The molecule has 0 unspecified atom stereocenters. The predicted molar refractivity (Wildman–Crippen MR) is 160 cm³/mol. The number of amides is 1. The highest BCUT2D eigenvalue weighted by molar-refractivity contribution is 7.15. The van der Waals surface area contributed by atoms with Gasteiger partial charge in [-0.05, 0) is 54.6 Å². The SMILES string of the molecule is CC1(C)CC[C@@H](C(=O)N2CCC(O)(Cn3cnc4c(-c5ccccc5)scc4c3=O)CC2)[C@H](c2ccccc2)C1. The molecule has 0 bridgehead atoms. The van der Waals surface area contributed by atoms with Crippen LogP contribution in [0.2, 0.25) is 0 Å². The van der Waals surface area contributed by atoms with E-state index in [2.05, 4.69) is 43.1 Å². The van der Waals surface area contributed by atoms with Crippen molar-refractivity contribution in [3.8, 4) is 10.4 Å². The minimum atomic E-state index is -1.05. The maximum absolute atomic E-state index is 13.8. The van der Waals surface area contributed by atoms with Gasteiger partial charge in [-0.1, -0.05) is 74.5 Å². The smallest absolute Gasteiger partial charge is 0.262 e. The van der Waals surface area contributed by atoms with Crippen LogP contribution >= 0.6 is 11.3 Å². The third-order valence-corrected chi connectivity index (χ3v) is 10.0. The number of carbonyl (C=O) groups excluding carboxylic acids is 1. The van der Waals surface area contributed by atoms with Crippen LogP contribution < -0.4 is 5.56 Å². The van der Waals surface area contributed by atoms with Gasteiger partial charge in [0.2, 0.25) is 5.91 Å². The molecule has 1 saturated heterocycles. The van der Waals surface area contributed by atoms with E-state index in [0.29, 0.717) is 36.8 Å². The maximum atomic E-state index is 13.8. The Morgan fingerprint density at radius 3 is 2.40 bits per heavy atom. The van der Waals surface area contributed by atoms with Gasteiger partial charge in [0.05, 0.1) is 34.3 Å². The minimum absolute atomic E-state index is 0.0340. The molecule has 2 aliphatic rings. The van der Waals surface area contributed by atoms with Crippen LogP contribution in [0.1, 0.15) is 57.4 Å². The first-order chi connectivity index (χ1) is 19.2. The van der Waals surface area contributed by atoms with Crippen LogP contribution in [-0.4, -0.2) is 44.2 Å². The largest absolute Gasteiger partial charge is 0.388 e. The molecule has 3 heterocycles. The van der Waals surface area contributed by atoms with Crippen molar-refractivity contribution in [3.05, 3.63) is 88.3 Å². The minimum Gasteiger partial charge on any atom is -0.388 e. The van der Waals surface area contributed by atoms with Crippen LogP contribution in [0.4, 0.5) is 0 Å². The molecule has 1 saturated carbocycles. The quantitative estimate of drug-likeness (QED) is 0.323. The molecule has 1 aliphatic carbocycles. The first-order valence-corrected chi connectivity index (χ1v) is 15.2. The molecule has 2 aromatic heterocycles. The summed E-state index contributed by atoms with van der Waals surface area (Å²) in [5, 5.41) is 13.9. The van der Waals surface area contributed by atoms with E-state index in [9.17, 15) is 14.7 Å². The highest BCUT2D eigenvalue weighted by Crippen LogP contribution is 2.47. The Balaban J connectivity index is 1.15. The predicted octanol–water partition coefficient (Wildman–Crippen LogP) is 6.09. The lowest BCUT2D eigenvalue weighted by Gasteiger charge is -2.44. The molecule has 0 spiro atoms. The average molecular weight is 556 g/mol. The summed E-state index contributed by atoms with van der Waals surface area (Å²) in [6, 6.07) is 20.4. The second kappa shape index (κ2) is 10.6. The standard InChI is InChI=1S/C33H37N3O3S/c1-32(2)14-13-25(26(19-32)23-9-5-3-6-10-23)30(37)35-17-15-33(39,16-18-35)21-36-22-34-28-27(31(36)38)20-40-29(28)24-11-7-4-8-12-24/h3-12,20,22,25-26,39H,13-19,21H2,1-2H3/t25-,26+/m1/s1. The molecule has 208 valence electrons. The van der Waals surface area contributed by atoms with Crippen LogP contribution in [0.15, 0.2) is 77.2 Å². The van der Waals surface area contributed by atoms with E-state index in [-0.39, 0.29) is 35.3 Å². The highest BCUT2D eigenvalue weighted by atomic mass is 32.1. The number of hydrogen-bond donors (Lipinski definition) is 1. The molecule has 2 fully saturated rings. The van der Waals surface area contributed by atoms with E-state index >= 15 is 0 Å². The topological polar surface area (TPSA) is 75.4 Å². The van der Waals surface area contributed by atoms with Crippen molar-refractivity contribution in [1.29, 1.82) is 0 Å². The van der Waals surface area contributed by atoms with Gasteiger partial charge in [-0.3, -0.25) is 14.2 Å². The summed E-state index contributed by atoms with van der Waals surface area (Å²) in [5.41, 5.74) is 2.01. The number of fused-ring (bicyclic) bond motifs is 1. The summed E-state index contributed by atoms with van der Waals surface area (Å²) in [6.07, 6.45) is 5.37. The average Bonchev–Trinajstić information content (AvgIpc) is 3.40. The van der Waals surface area contributed by atoms with Gasteiger partial charge >= 0.3 is 0 Å². The summed E-state index contributed by atoms with van der Waals surface area (Å²) < 4.78 is 1.54. The molecular weight excluding hydrogens is 518 g/mol. The van der Waals surface area contributed by atoms with Crippen LogP contribution in [0, 0.1) is 11.3 Å². The van der Waals surface area contributed by atoms with E-state index in [1.54, 1.807) is 6.33 Å². The zero-order valence-corrected chi connectivity index (χ0v) is 24.1. The highest BCUT2D eigenvalue weighted by Gasteiger charge is 2.43. The van der Waals surface area contributed by atoms with Crippen molar-refractivity contribution in [2.75, 3.05) is 13.1 Å². The van der Waals surface area contributed by atoms with Crippen molar-refractivity contribution in [1.82, 2.24) is 14.5 Å². The molecule has 4 aromatic rings. The summed E-state index contributed by atoms with van der Waals surface area (Å²) in [7, 11) is 0. The number of carbonyl (C=O) groups is 1. The Morgan fingerprint density at radius 2 is 1.70 bits per heavy atom. The maximum Gasteiger partial charge on any atom is 0.262 e. The number of thiophene rings is 1. The van der Waals surface area contributed by atoms with Crippen LogP contribution in [-0.2, 0) is 11.3 Å². The van der Waals surface area contributed by atoms with E-state index in [0.717, 1.165) is 29.7 Å². The summed E-state index contributed by atoms with van der Waals surface area (Å²) in [6.45, 7) is 5.78. The molecule has 6 nitrogen and oxygen atoms in total. The van der Waals surface area contributed by atoms with Gasteiger partial charge in [-0.25, -0.2) is 4.98 Å². The second-order valence-corrected chi connectivity index (χ2v) is 13.3. The van der Waals surface area contributed by atoms with Crippen LogP contribution in [0.3, 0.4) is 0 Å². The van der Waals surface area contributed by atoms with Gasteiger partial charge < -0.3 is 10.0 Å². The fraction of sp³-hybridized carbons (Fsp3) is 0.424. The molecule has 1 aliphatic heterocycles. The van der Waals surface area contributed by atoms with E-state index < -0.39 is 5.60 Å². The Bertz CT molecular complexity index is 1550. The Hall–Kier alpha value is -3.29. The van der Waals surface area contributed by atoms with Gasteiger partial charge in [0.25, 0.3) is 5.56 Å². The molecular formula is C33H37N3O3S. The van der Waals surface area contributed by atoms with Crippen LogP contribution in [0.25, 0.3) is 21.3 Å². The normalized spacial score (nSPS) is 22.3. The van der Waals surface area contributed by atoms with E-state index in [1.807, 2.05) is 46.7 Å². The van der Waals surface area contributed by atoms with Crippen LogP contribution in [0.5, 0.6) is 0 Å². The first-order valence-electron chi connectivity index (χ1n) is 14.3.